The molecule has 2 heterocycles. The summed E-state index contributed by atoms with van der Waals surface area (Å²) in [6.45, 7) is 4.03. The van der Waals surface area contributed by atoms with Gasteiger partial charge in [0.25, 0.3) is 5.91 Å². The smallest absolute Gasteiger partial charge is 0.263 e. The average Bonchev–Trinajstić information content (AvgIpc) is 3.21. The van der Waals surface area contributed by atoms with Gasteiger partial charge < -0.3 is 10.6 Å². The van der Waals surface area contributed by atoms with Crippen LogP contribution in [-0.4, -0.2) is 55.2 Å². The Balaban J connectivity index is 1.63. The molecule has 3 N–H and O–H groups in total. The van der Waals surface area contributed by atoms with Gasteiger partial charge in [0.15, 0.2) is 0 Å². The van der Waals surface area contributed by atoms with Gasteiger partial charge in [0.05, 0.1) is 24.3 Å². The second kappa shape index (κ2) is 7.01. The molecule has 0 aromatic heterocycles. The summed E-state index contributed by atoms with van der Waals surface area (Å²) in [5.41, 5.74) is 8.34. The van der Waals surface area contributed by atoms with Crippen molar-refractivity contribution in [2.75, 3.05) is 31.6 Å². The number of rotatable bonds is 6. The van der Waals surface area contributed by atoms with E-state index in [4.69, 9.17) is 5.73 Å². The summed E-state index contributed by atoms with van der Waals surface area (Å²) in [4.78, 5) is 26.7. The Labute approximate surface area is 163 Å². The van der Waals surface area contributed by atoms with E-state index in [0.29, 0.717) is 24.6 Å². The van der Waals surface area contributed by atoms with E-state index in [1.54, 1.807) is 30.1 Å². The third-order valence-corrected chi connectivity index (χ3v) is 6.14. The molecular weight excluding hydrogens is 360 g/mol. The van der Waals surface area contributed by atoms with E-state index in [2.05, 4.69) is 32.6 Å². The number of benzene rings is 1. The highest BCUT2D eigenvalue weighted by atomic mass is 32.2. The molecule has 1 aliphatic carbocycles. The third kappa shape index (κ3) is 3.46. The maximum absolute atomic E-state index is 13.3. The minimum atomic E-state index is -0.0502. The zero-order valence-electron chi connectivity index (χ0n) is 15.6. The van der Waals surface area contributed by atoms with Crippen molar-refractivity contribution in [1.82, 2.24) is 9.62 Å². The average molecular weight is 385 g/mol. The van der Waals surface area contributed by atoms with Gasteiger partial charge in [-0.2, -0.15) is 0 Å². The normalized spacial score (nSPS) is 20.7. The van der Waals surface area contributed by atoms with Crippen LogP contribution in [0.4, 0.5) is 5.69 Å². The van der Waals surface area contributed by atoms with Crippen LogP contribution in [0.3, 0.4) is 0 Å². The number of anilines is 1. The van der Waals surface area contributed by atoms with Crippen LogP contribution in [0.5, 0.6) is 0 Å². The molecule has 0 atom stereocenters. The van der Waals surface area contributed by atoms with Crippen LogP contribution >= 0.6 is 11.9 Å². The molecule has 3 aliphatic rings. The summed E-state index contributed by atoms with van der Waals surface area (Å²) < 4.78 is 3.50. The molecule has 0 bridgehead atoms. The molecule has 4 rings (SSSR count). The van der Waals surface area contributed by atoms with Crippen molar-refractivity contribution >= 4 is 35.7 Å². The summed E-state index contributed by atoms with van der Waals surface area (Å²) >= 11 is 1.60. The number of carbonyl (C=O) groups is 1. The van der Waals surface area contributed by atoms with Gasteiger partial charge in [-0.3, -0.25) is 24.4 Å². The minimum absolute atomic E-state index is 0.0502. The van der Waals surface area contributed by atoms with Crippen molar-refractivity contribution in [3.8, 4) is 0 Å². The second-order valence-corrected chi connectivity index (χ2v) is 8.18. The lowest BCUT2D eigenvalue weighted by Gasteiger charge is -2.36. The summed E-state index contributed by atoms with van der Waals surface area (Å²) in [5, 5.41) is 0. The van der Waals surface area contributed by atoms with Crippen LogP contribution in [0.25, 0.3) is 0 Å². The fourth-order valence-corrected chi connectivity index (χ4v) is 4.10. The van der Waals surface area contributed by atoms with Crippen LogP contribution < -0.4 is 15.4 Å². The van der Waals surface area contributed by atoms with Gasteiger partial charge in [-0.25, -0.2) is 0 Å². The first kappa shape index (κ1) is 18.1. The van der Waals surface area contributed by atoms with E-state index >= 15 is 0 Å². The van der Waals surface area contributed by atoms with E-state index in [1.165, 1.54) is 19.0 Å². The monoisotopic (exact) mass is 384 g/mol. The molecule has 1 saturated carbocycles. The van der Waals surface area contributed by atoms with Crippen molar-refractivity contribution in [3.05, 3.63) is 35.5 Å². The zero-order valence-corrected chi connectivity index (χ0v) is 16.4. The standard InChI is InChI=1S/C19H24N6OS/c1-19(5-6-19)23-27-14-3-4-16-15(9-14)17(26)25(12-13(10-20)11-21-2)18-22-7-8-24(16)18/h3-4,9-11,23H,5-8,12,20H2,1-2H3/b13-10+,21-11?. The Hall–Kier alpha value is -2.32. The number of nitrogens with one attached hydrogen (secondary N) is 1. The summed E-state index contributed by atoms with van der Waals surface area (Å²) in [7, 11) is 1.69. The molecule has 1 aromatic carbocycles. The molecule has 1 aromatic rings. The molecule has 2 aliphatic heterocycles. The Morgan fingerprint density at radius 1 is 1.48 bits per heavy atom. The number of fused-ring (bicyclic) bond motifs is 3. The van der Waals surface area contributed by atoms with Gasteiger partial charge >= 0.3 is 0 Å². The molecule has 7 nitrogen and oxygen atoms in total. The minimum Gasteiger partial charge on any atom is -0.404 e. The Morgan fingerprint density at radius 3 is 3.00 bits per heavy atom. The van der Waals surface area contributed by atoms with Gasteiger partial charge in [-0.05, 0) is 49.9 Å². The van der Waals surface area contributed by atoms with Gasteiger partial charge in [0.1, 0.15) is 0 Å². The van der Waals surface area contributed by atoms with E-state index < -0.39 is 0 Å². The predicted molar refractivity (Wildman–Crippen MR) is 110 cm³/mol. The largest absolute Gasteiger partial charge is 0.404 e. The lowest BCUT2D eigenvalue weighted by atomic mass is 10.1. The maximum Gasteiger partial charge on any atom is 0.263 e. The van der Waals surface area contributed by atoms with E-state index in [-0.39, 0.29) is 11.4 Å². The Morgan fingerprint density at radius 2 is 2.30 bits per heavy atom. The first-order valence-corrected chi connectivity index (χ1v) is 9.91. The third-order valence-electron chi connectivity index (χ3n) is 5.06. The van der Waals surface area contributed by atoms with Gasteiger partial charge in [0.2, 0.25) is 5.96 Å². The number of aliphatic imine (C=N–C) groups is 2. The molecule has 8 heteroatoms. The van der Waals surface area contributed by atoms with Crippen LogP contribution in [-0.2, 0) is 0 Å². The number of nitrogens with zero attached hydrogens (tertiary/aromatic N) is 4. The summed E-state index contributed by atoms with van der Waals surface area (Å²) in [6.07, 6.45) is 5.55. The molecule has 27 heavy (non-hydrogen) atoms. The number of nitrogens with two attached hydrogens (primary N) is 1. The van der Waals surface area contributed by atoms with Crippen molar-refractivity contribution in [2.45, 2.75) is 30.2 Å². The quantitative estimate of drug-likeness (QED) is 0.579. The molecule has 0 spiro atoms. The fraction of sp³-hybridized carbons (Fsp3) is 0.421. The number of hydrogen-bond donors (Lipinski definition) is 2. The van der Waals surface area contributed by atoms with Crippen LogP contribution in [0.2, 0.25) is 0 Å². The van der Waals surface area contributed by atoms with Crippen LogP contribution in [0.1, 0.15) is 30.1 Å². The Kier molecular flexibility index (Phi) is 4.69. The molecule has 0 unspecified atom stereocenters. The van der Waals surface area contributed by atoms with Crippen molar-refractivity contribution < 1.29 is 4.79 Å². The Bertz CT molecular complexity index is 858. The first-order valence-electron chi connectivity index (χ1n) is 9.09. The molecule has 142 valence electrons. The predicted octanol–water partition coefficient (Wildman–Crippen LogP) is 2.01. The zero-order chi connectivity index (χ0) is 19.0. The highest BCUT2D eigenvalue weighted by Crippen LogP contribution is 2.39. The van der Waals surface area contributed by atoms with Crippen molar-refractivity contribution in [2.24, 2.45) is 15.7 Å². The lowest BCUT2D eigenvalue weighted by molar-refractivity contribution is 0.0851. The molecule has 1 amide bonds. The van der Waals surface area contributed by atoms with E-state index in [0.717, 1.165) is 22.7 Å². The van der Waals surface area contributed by atoms with E-state index in [1.807, 2.05) is 12.1 Å². The van der Waals surface area contributed by atoms with E-state index in [9.17, 15) is 4.79 Å². The first-order chi connectivity index (χ1) is 13.0. The molecule has 0 radical (unpaired) electrons. The fourth-order valence-electron chi connectivity index (χ4n) is 3.22. The highest BCUT2D eigenvalue weighted by Gasteiger charge is 2.39. The number of guanidine groups is 1. The number of amides is 1. The summed E-state index contributed by atoms with van der Waals surface area (Å²) in [6, 6.07) is 6.07. The molecule has 1 fully saturated rings. The van der Waals surface area contributed by atoms with Crippen LogP contribution in [0.15, 0.2) is 44.9 Å². The highest BCUT2D eigenvalue weighted by molar-refractivity contribution is 7.97. The SMILES string of the molecule is CN=C/C(=C\N)CN1C(=O)c2cc(SNC3(C)CC3)ccc2N2CCN=C12. The second-order valence-electron chi connectivity index (χ2n) is 7.30. The van der Waals surface area contributed by atoms with Gasteiger partial charge in [-0.1, -0.05) is 0 Å². The molecule has 0 saturated heterocycles. The summed E-state index contributed by atoms with van der Waals surface area (Å²) in [5.74, 6) is 0.645. The van der Waals surface area contributed by atoms with Crippen molar-refractivity contribution in [3.63, 3.8) is 0 Å². The molecular formula is C19H24N6OS. The number of hydrogen-bond acceptors (Lipinski definition) is 7. The van der Waals surface area contributed by atoms with Crippen LogP contribution in [0, 0.1) is 0 Å². The van der Waals surface area contributed by atoms with Crippen molar-refractivity contribution in [1.29, 1.82) is 0 Å². The lowest BCUT2D eigenvalue weighted by Crippen LogP contribution is -2.50. The number of carbonyl (C=O) groups excluding carboxylic acids is 1. The topological polar surface area (TPSA) is 86.3 Å². The van der Waals surface area contributed by atoms with Gasteiger partial charge in [0, 0.05) is 42.0 Å². The maximum atomic E-state index is 13.3. The van der Waals surface area contributed by atoms with Gasteiger partial charge in [-0.15, -0.1) is 0 Å².